The van der Waals surface area contributed by atoms with Crippen LogP contribution in [0.1, 0.15) is 26.2 Å². The second-order valence-corrected chi connectivity index (χ2v) is 5.64. The molecule has 1 aliphatic carbocycles. The third-order valence-electron chi connectivity index (χ3n) is 4.12. The summed E-state index contributed by atoms with van der Waals surface area (Å²) in [6.45, 7) is 3.39. The number of pyridine rings is 1. The molecule has 1 saturated carbocycles. The Hall–Kier alpha value is -1.77. The van der Waals surface area contributed by atoms with Crippen LogP contribution in [0.3, 0.4) is 0 Å². The van der Waals surface area contributed by atoms with Crippen molar-refractivity contribution in [2.45, 2.75) is 26.2 Å². The van der Waals surface area contributed by atoms with Gasteiger partial charge in [0.2, 0.25) is 0 Å². The molecule has 3 heteroatoms. The van der Waals surface area contributed by atoms with Crippen LogP contribution in [-0.2, 0) is 0 Å². The first-order valence-corrected chi connectivity index (χ1v) is 6.54. The fourth-order valence-corrected chi connectivity index (χ4v) is 2.63. The van der Waals surface area contributed by atoms with E-state index in [2.05, 4.69) is 23.3 Å². The summed E-state index contributed by atoms with van der Waals surface area (Å²) in [6.07, 6.45) is 7.67. The lowest BCUT2D eigenvalue weighted by atomic mass is 9.70. The molecule has 2 aromatic rings. The molecule has 0 radical (unpaired) electrons. The Bertz CT molecular complexity index is 573. The average molecular weight is 241 g/mol. The lowest BCUT2D eigenvalue weighted by molar-refractivity contribution is 0.180. The van der Waals surface area contributed by atoms with Crippen molar-refractivity contribution in [2.75, 3.05) is 17.6 Å². The van der Waals surface area contributed by atoms with Crippen molar-refractivity contribution >= 4 is 22.1 Å². The van der Waals surface area contributed by atoms with Gasteiger partial charge in [0.15, 0.2) is 0 Å². The second-order valence-electron chi connectivity index (χ2n) is 5.64. The van der Waals surface area contributed by atoms with Gasteiger partial charge in [0.1, 0.15) is 0 Å². The summed E-state index contributed by atoms with van der Waals surface area (Å²) in [4.78, 5) is 4.14. The number of hydrogen-bond acceptors (Lipinski definition) is 3. The smallest absolute Gasteiger partial charge is 0.0422 e. The van der Waals surface area contributed by atoms with E-state index >= 15 is 0 Å². The van der Waals surface area contributed by atoms with Gasteiger partial charge in [-0.25, -0.2) is 0 Å². The van der Waals surface area contributed by atoms with E-state index in [0.717, 1.165) is 28.7 Å². The van der Waals surface area contributed by atoms with E-state index in [1.807, 2.05) is 24.5 Å². The summed E-state index contributed by atoms with van der Waals surface area (Å²) in [5.41, 5.74) is 8.40. The summed E-state index contributed by atoms with van der Waals surface area (Å²) in [5, 5.41) is 5.76. The van der Waals surface area contributed by atoms with Gasteiger partial charge in [-0.3, -0.25) is 4.98 Å². The standard InChI is InChI=1S/C15H19N3/c1-15(6-2-7-15)10-18-14-4-3-13(16)12-9-17-8-5-11(12)14/h3-5,8-9,18H,2,6-7,10,16H2,1H3. The van der Waals surface area contributed by atoms with E-state index in [9.17, 15) is 0 Å². The van der Waals surface area contributed by atoms with Gasteiger partial charge in [0, 0.05) is 41.1 Å². The first-order chi connectivity index (χ1) is 8.68. The van der Waals surface area contributed by atoms with E-state index in [0.29, 0.717) is 5.41 Å². The molecule has 94 valence electrons. The van der Waals surface area contributed by atoms with Crippen molar-refractivity contribution in [1.82, 2.24) is 4.98 Å². The molecule has 3 nitrogen and oxygen atoms in total. The molecular formula is C15H19N3. The van der Waals surface area contributed by atoms with E-state index < -0.39 is 0 Å². The number of nitrogens with two attached hydrogens (primary N) is 1. The molecule has 0 saturated heterocycles. The zero-order chi connectivity index (χ0) is 12.6. The molecule has 0 unspecified atom stereocenters. The maximum atomic E-state index is 5.98. The normalized spacial score (nSPS) is 17.4. The molecule has 1 aliphatic rings. The Morgan fingerprint density at radius 1 is 1.28 bits per heavy atom. The average Bonchev–Trinajstić information content (AvgIpc) is 2.36. The molecule has 0 bridgehead atoms. The summed E-state index contributed by atoms with van der Waals surface area (Å²) in [7, 11) is 0. The van der Waals surface area contributed by atoms with Crippen LogP contribution in [0.25, 0.3) is 10.8 Å². The number of nitrogen functional groups attached to an aromatic ring is 1. The van der Waals surface area contributed by atoms with Crippen LogP contribution in [0, 0.1) is 5.41 Å². The highest BCUT2D eigenvalue weighted by atomic mass is 14.9. The van der Waals surface area contributed by atoms with Crippen molar-refractivity contribution in [3.05, 3.63) is 30.6 Å². The number of nitrogens with one attached hydrogen (secondary N) is 1. The fourth-order valence-electron chi connectivity index (χ4n) is 2.63. The molecule has 0 aliphatic heterocycles. The van der Waals surface area contributed by atoms with Gasteiger partial charge in [-0.1, -0.05) is 13.3 Å². The van der Waals surface area contributed by atoms with E-state index in [-0.39, 0.29) is 0 Å². The minimum absolute atomic E-state index is 0.473. The van der Waals surface area contributed by atoms with Crippen LogP contribution >= 0.6 is 0 Å². The van der Waals surface area contributed by atoms with Crippen LogP contribution in [0.15, 0.2) is 30.6 Å². The number of nitrogens with zero attached hydrogens (tertiary/aromatic N) is 1. The maximum absolute atomic E-state index is 5.98. The molecule has 1 fully saturated rings. The summed E-state index contributed by atoms with van der Waals surface area (Å²) >= 11 is 0. The number of fused-ring (bicyclic) bond motifs is 1. The monoisotopic (exact) mass is 241 g/mol. The summed E-state index contributed by atoms with van der Waals surface area (Å²) < 4.78 is 0. The summed E-state index contributed by atoms with van der Waals surface area (Å²) in [6, 6.07) is 6.05. The lowest BCUT2D eigenvalue weighted by Crippen LogP contribution is -2.33. The first-order valence-electron chi connectivity index (χ1n) is 6.54. The molecule has 1 heterocycles. The van der Waals surface area contributed by atoms with Gasteiger partial charge in [-0.2, -0.15) is 0 Å². The molecule has 0 spiro atoms. The van der Waals surface area contributed by atoms with E-state index in [4.69, 9.17) is 5.73 Å². The van der Waals surface area contributed by atoms with Crippen LogP contribution in [-0.4, -0.2) is 11.5 Å². The largest absolute Gasteiger partial charge is 0.398 e. The van der Waals surface area contributed by atoms with Gasteiger partial charge >= 0.3 is 0 Å². The molecule has 0 atom stereocenters. The van der Waals surface area contributed by atoms with Crippen LogP contribution in [0.4, 0.5) is 11.4 Å². The Labute approximate surface area is 107 Å². The van der Waals surface area contributed by atoms with Crippen molar-refractivity contribution in [2.24, 2.45) is 5.41 Å². The quantitative estimate of drug-likeness (QED) is 0.809. The second kappa shape index (κ2) is 4.16. The topological polar surface area (TPSA) is 50.9 Å². The van der Waals surface area contributed by atoms with Gasteiger partial charge in [-0.05, 0) is 36.5 Å². The van der Waals surface area contributed by atoms with Crippen LogP contribution in [0.2, 0.25) is 0 Å². The fraction of sp³-hybridized carbons (Fsp3) is 0.400. The molecule has 0 amide bonds. The van der Waals surface area contributed by atoms with E-state index in [1.54, 1.807) is 0 Å². The zero-order valence-corrected chi connectivity index (χ0v) is 10.7. The van der Waals surface area contributed by atoms with Crippen molar-refractivity contribution < 1.29 is 0 Å². The van der Waals surface area contributed by atoms with Gasteiger partial charge in [-0.15, -0.1) is 0 Å². The predicted molar refractivity (Wildman–Crippen MR) is 76.6 cm³/mol. The van der Waals surface area contributed by atoms with Crippen LogP contribution < -0.4 is 11.1 Å². The minimum atomic E-state index is 0.473. The minimum Gasteiger partial charge on any atom is -0.398 e. The highest BCUT2D eigenvalue weighted by Gasteiger charge is 2.31. The Morgan fingerprint density at radius 2 is 2.11 bits per heavy atom. The highest BCUT2D eigenvalue weighted by Crippen LogP contribution is 2.40. The molecular weight excluding hydrogens is 222 g/mol. The van der Waals surface area contributed by atoms with Crippen molar-refractivity contribution in [3.8, 4) is 0 Å². The van der Waals surface area contributed by atoms with Crippen molar-refractivity contribution in [1.29, 1.82) is 0 Å². The number of benzene rings is 1. The van der Waals surface area contributed by atoms with Crippen molar-refractivity contribution in [3.63, 3.8) is 0 Å². The lowest BCUT2D eigenvalue weighted by Gasteiger charge is -2.38. The predicted octanol–water partition coefficient (Wildman–Crippen LogP) is 3.42. The van der Waals surface area contributed by atoms with Gasteiger partial charge in [0.05, 0.1) is 0 Å². The molecule has 1 aromatic heterocycles. The Kier molecular flexibility index (Phi) is 2.62. The number of hydrogen-bond donors (Lipinski definition) is 2. The third-order valence-corrected chi connectivity index (χ3v) is 4.12. The van der Waals surface area contributed by atoms with Gasteiger partial charge in [0.25, 0.3) is 0 Å². The molecule has 18 heavy (non-hydrogen) atoms. The summed E-state index contributed by atoms with van der Waals surface area (Å²) in [5.74, 6) is 0. The zero-order valence-electron chi connectivity index (χ0n) is 10.7. The number of rotatable bonds is 3. The molecule has 3 N–H and O–H groups in total. The maximum Gasteiger partial charge on any atom is 0.0422 e. The highest BCUT2D eigenvalue weighted by molar-refractivity contribution is 6.00. The third kappa shape index (κ3) is 1.90. The first kappa shape index (κ1) is 11.3. The number of aromatic nitrogens is 1. The number of anilines is 2. The molecule has 1 aromatic carbocycles. The van der Waals surface area contributed by atoms with Gasteiger partial charge < -0.3 is 11.1 Å². The SMILES string of the molecule is CC1(CNc2ccc(N)c3cnccc23)CCC1. The Morgan fingerprint density at radius 3 is 2.83 bits per heavy atom. The van der Waals surface area contributed by atoms with E-state index in [1.165, 1.54) is 19.3 Å². The Balaban J connectivity index is 1.90. The molecule has 3 rings (SSSR count). The van der Waals surface area contributed by atoms with Crippen LogP contribution in [0.5, 0.6) is 0 Å².